The van der Waals surface area contributed by atoms with Gasteiger partial charge in [-0.1, -0.05) is 36.4 Å². The molecule has 1 aliphatic carbocycles. The Morgan fingerprint density at radius 1 is 1.22 bits per heavy atom. The second-order valence-corrected chi connectivity index (χ2v) is 7.16. The van der Waals surface area contributed by atoms with Gasteiger partial charge in [0.1, 0.15) is 12.4 Å². The lowest BCUT2D eigenvalue weighted by Crippen LogP contribution is -2.44. The van der Waals surface area contributed by atoms with Crippen molar-refractivity contribution in [2.75, 3.05) is 6.54 Å². The lowest BCUT2D eigenvalue weighted by molar-refractivity contribution is 0.371. The zero-order valence-electron chi connectivity index (χ0n) is 16.4. The second kappa shape index (κ2) is 9.35. The third-order valence-corrected chi connectivity index (χ3v) is 5.31. The minimum atomic E-state index is 0.447. The van der Waals surface area contributed by atoms with Crippen molar-refractivity contribution in [2.24, 2.45) is 12.0 Å². The Bertz CT molecular complexity index is 756. The van der Waals surface area contributed by atoms with Crippen molar-refractivity contribution in [3.8, 4) is 0 Å². The van der Waals surface area contributed by atoms with Crippen LogP contribution in [0.4, 0.5) is 0 Å². The predicted octanol–water partition coefficient (Wildman–Crippen LogP) is 3.07. The van der Waals surface area contributed by atoms with Crippen molar-refractivity contribution in [3.05, 3.63) is 60.2 Å². The van der Waals surface area contributed by atoms with Crippen LogP contribution in [0, 0.1) is 6.92 Å². The largest absolute Gasteiger partial charge is 0.354 e. The van der Waals surface area contributed by atoms with E-state index >= 15 is 0 Å². The highest BCUT2D eigenvalue weighted by Gasteiger charge is 2.22. The number of benzene rings is 1. The average Bonchev–Trinajstić information content (AvgIpc) is 3.03. The van der Waals surface area contributed by atoms with Gasteiger partial charge < -0.3 is 15.2 Å². The van der Waals surface area contributed by atoms with Gasteiger partial charge >= 0.3 is 0 Å². The van der Waals surface area contributed by atoms with Gasteiger partial charge in [-0.3, -0.25) is 0 Å². The van der Waals surface area contributed by atoms with Gasteiger partial charge in [-0.05, 0) is 44.1 Å². The molecule has 2 aromatic rings. The maximum Gasteiger partial charge on any atom is 0.192 e. The lowest BCUT2D eigenvalue weighted by atomic mass is 9.82. The molecule has 6 nitrogen and oxygen atoms in total. The number of nitrogens with one attached hydrogen (secondary N) is 2. The molecule has 1 heterocycles. The number of aryl methyl sites for hydroxylation is 1. The topological polar surface area (TPSA) is 67.1 Å². The van der Waals surface area contributed by atoms with Crippen LogP contribution in [0.15, 0.2) is 48.0 Å². The van der Waals surface area contributed by atoms with Gasteiger partial charge in [0.2, 0.25) is 0 Å². The molecule has 144 valence electrons. The molecule has 0 saturated heterocycles. The van der Waals surface area contributed by atoms with Gasteiger partial charge in [0.15, 0.2) is 11.8 Å². The fraction of sp³-hybridized carbons (Fsp3) is 0.476. The molecule has 3 rings (SSSR count). The molecule has 2 N–H and O–H groups in total. The third-order valence-electron chi connectivity index (χ3n) is 5.31. The Hall–Kier alpha value is -2.63. The number of rotatable bonds is 6. The zero-order chi connectivity index (χ0) is 19.1. The van der Waals surface area contributed by atoms with Crippen LogP contribution in [-0.4, -0.2) is 33.3 Å². The van der Waals surface area contributed by atoms with E-state index in [2.05, 4.69) is 57.7 Å². The Morgan fingerprint density at radius 3 is 2.59 bits per heavy atom. The van der Waals surface area contributed by atoms with Crippen LogP contribution in [0.25, 0.3) is 0 Å². The molecule has 1 aromatic heterocycles. The number of aromatic nitrogens is 3. The molecule has 6 heteroatoms. The summed E-state index contributed by atoms with van der Waals surface area (Å²) in [5.41, 5.74) is 1.47. The Morgan fingerprint density at radius 2 is 1.96 bits per heavy atom. The van der Waals surface area contributed by atoms with Crippen LogP contribution in [0.3, 0.4) is 0 Å². The van der Waals surface area contributed by atoms with E-state index < -0.39 is 0 Å². The molecule has 1 fully saturated rings. The fourth-order valence-electron chi connectivity index (χ4n) is 3.55. The van der Waals surface area contributed by atoms with E-state index in [-0.39, 0.29) is 0 Å². The van der Waals surface area contributed by atoms with E-state index in [9.17, 15) is 0 Å². The van der Waals surface area contributed by atoms with E-state index in [1.54, 1.807) is 0 Å². The summed E-state index contributed by atoms with van der Waals surface area (Å²) in [5, 5.41) is 15.2. The molecule has 1 aromatic carbocycles. The molecule has 0 unspecified atom stereocenters. The standard InChI is InChI=1S/C21H30N6/c1-4-14-22-21(23-15-20-26-25-16(2)27(20)3)24-19-12-10-18(11-13-19)17-8-6-5-7-9-17/h4-9,18-19H,1,10-15H2,2-3H3,(H2,22,23,24). The second-order valence-electron chi connectivity index (χ2n) is 7.16. The molecule has 0 bridgehead atoms. The number of guanidine groups is 1. The molecular weight excluding hydrogens is 336 g/mol. The van der Waals surface area contributed by atoms with E-state index in [1.165, 1.54) is 18.4 Å². The van der Waals surface area contributed by atoms with Crippen LogP contribution < -0.4 is 10.6 Å². The summed E-state index contributed by atoms with van der Waals surface area (Å²) in [5.74, 6) is 3.25. The van der Waals surface area contributed by atoms with Crippen LogP contribution >= 0.6 is 0 Å². The molecule has 1 saturated carbocycles. The molecule has 0 aliphatic heterocycles. The quantitative estimate of drug-likeness (QED) is 0.468. The van der Waals surface area contributed by atoms with E-state index in [0.29, 0.717) is 25.0 Å². The Kier molecular flexibility index (Phi) is 6.63. The summed E-state index contributed by atoms with van der Waals surface area (Å²) < 4.78 is 1.97. The van der Waals surface area contributed by atoms with Gasteiger partial charge in [0.05, 0.1) is 0 Å². The summed E-state index contributed by atoms with van der Waals surface area (Å²) in [6.07, 6.45) is 6.56. The molecular formula is C21H30N6. The maximum absolute atomic E-state index is 4.70. The van der Waals surface area contributed by atoms with Crippen molar-refractivity contribution in [3.63, 3.8) is 0 Å². The number of hydrogen-bond acceptors (Lipinski definition) is 3. The molecule has 0 spiro atoms. The number of nitrogens with zero attached hydrogens (tertiary/aromatic N) is 4. The zero-order valence-corrected chi connectivity index (χ0v) is 16.4. The van der Waals surface area contributed by atoms with Gasteiger partial charge in [-0.2, -0.15) is 0 Å². The Balaban J connectivity index is 1.57. The Labute approximate surface area is 161 Å². The summed E-state index contributed by atoms with van der Waals surface area (Å²) >= 11 is 0. The van der Waals surface area contributed by atoms with Crippen molar-refractivity contribution in [1.82, 2.24) is 25.4 Å². The van der Waals surface area contributed by atoms with Crippen molar-refractivity contribution in [1.29, 1.82) is 0 Å². The predicted molar refractivity (Wildman–Crippen MR) is 110 cm³/mol. The van der Waals surface area contributed by atoms with E-state index in [4.69, 9.17) is 4.99 Å². The summed E-state index contributed by atoms with van der Waals surface area (Å²) in [4.78, 5) is 4.70. The normalized spacial score (nSPS) is 20.3. The minimum absolute atomic E-state index is 0.447. The minimum Gasteiger partial charge on any atom is -0.354 e. The van der Waals surface area contributed by atoms with Crippen molar-refractivity contribution < 1.29 is 0 Å². The van der Waals surface area contributed by atoms with Crippen molar-refractivity contribution >= 4 is 5.96 Å². The first-order chi connectivity index (χ1) is 13.2. The first-order valence-corrected chi connectivity index (χ1v) is 9.73. The monoisotopic (exact) mass is 366 g/mol. The highest BCUT2D eigenvalue weighted by atomic mass is 15.3. The highest BCUT2D eigenvalue weighted by molar-refractivity contribution is 5.80. The van der Waals surface area contributed by atoms with Crippen LogP contribution in [-0.2, 0) is 13.6 Å². The molecule has 27 heavy (non-hydrogen) atoms. The maximum atomic E-state index is 4.70. The molecule has 0 radical (unpaired) electrons. The SMILES string of the molecule is C=CCNC(=NCc1nnc(C)n1C)NC1CCC(c2ccccc2)CC1. The molecule has 0 atom stereocenters. The smallest absolute Gasteiger partial charge is 0.192 e. The summed E-state index contributed by atoms with van der Waals surface area (Å²) in [6, 6.07) is 11.3. The molecule has 1 aliphatic rings. The first-order valence-electron chi connectivity index (χ1n) is 9.73. The highest BCUT2D eigenvalue weighted by Crippen LogP contribution is 2.32. The van der Waals surface area contributed by atoms with E-state index in [1.807, 2.05) is 24.6 Å². The van der Waals surface area contributed by atoms with E-state index in [0.717, 1.165) is 30.5 Å². The third kappa shape index (κ3) is 5.18. The summed E-state index contributed by atoms with van der Waals surface area (Å²) in [6.45, 7) is 6.92. The lowest BCUT2D eigenvalue weighted by Gasteiger charge is -2.30. The number of hydrogen-bond donors (Lipinski definition) is 2. The fourth-order valence-corrected chi connectivity index (χ4v) is 3.55. The number of aliphatic imine (C=N–C) groups is 1. The van der Waals surface area contributed by atoms with Gasteiger partial charge in [-0.15, -0.1) is 16.8 Å². The van der Waals surface area contributed by atoms with Gasteiger partial charge in [0.25, 0.3) is 0 Å². The molecule has 0 amide bonds. The average molecular weight is 367 g/mol. The van der Waals surface area contributed by atoms with Crippen LogP contribution in [0.2, 0.25) is 0 Å². The van der Waals surface area contributed by atoms with Gasteiger partial charge in [0, 0.05) is 19.6 Å². The van der Waals surface area contributed by atoms with Crippen molar-refractivity contribution in [2.45, 2.75) is 51.1 Å². The summed E-state index contributed by atoms with van der Waals surface area (Å²) in [7, 11) is 1.97. The van der Waals surface area contributed by atoms with Crippen LogP contribution in [0.1, 0.15) is 48.8 Å². The first kappa shape index (κ1) is 19.1. The van der Waals surface area contributed by atoms with Gasteiger partial charge in [-0.25, -0.2) is 4.99 Å². The van der Waals surface area contributed by atoms with Crippen LogP contribution in [0.5, 0.6) is 0 Å².